The van der Waals surface area contributed by atoms with E-state index in [-0.39, 0.29) is 17.6 Å². The van der Waals surface area contributed by atoms with Gasteiger partial charge in [-0.2, -0.15) is 0 Å². The van der Waals surface area contributed by atoms with Crippen LogP contribution in [-0.4, -0.2) is 41.2 Å². The van der Waals surface area contributed by atoms with E-state index in [0.29, 0.717) is 34.4 Å². The van der Waals surface area contributed by atoms with Crippen molar-refractivity contribution in [3.8, 4) is 11.5 Å². The molecule has 0 spiro atoms. The van der Waals surface area contributed by atoms with Gasteiger partial charge in [0.15, 0.2) is 11.5 Å². The first kappa shape index (κ1) is 25.6. The van der Waals surface area contributed by atoms with E-state index < -0.39 is 17.1 Å². The molecule has 2 aromatic carbocycles. The second-order valence-corrected chi connectivity index (χ2v) is 9.16. The van der Waals surface area contributed by atoms with Gasteiger partial charge in [-0.15, -0.1) is 0 Å². The fraction of sp³-hybridized carbons (Fsp3) is 0.320. The summed E-state index contributed by atoms with van der Waals surface area (Å²) < 4.78 is 11.6. The molecule has 34 heavy (non-hydrogen) atoms. The lowest BCUT2D eigenvalue weighted by Crippen LogP contribution is -2.36. The van der Waals surface area contributed by atoms with Crippen LogP contribution in [0, 0.1) is 6.92 Å². The van der Waals surface area contributed by atoms with Crippen molar-refractivity contribution >= 4 is 52.2 Å². The van der Waals surface area contributed by atoms with E-state index in [2.05, 4.69) is 5.32 Å². The van der Waals surface area contributed by atoms with Crippen LogP contribution in [0.4, 0.5) is 10.5 Å². The molecule has 0 radical (unpaired) electrons. The molecule has 1 atom stereocenters. The maximum atomic E-state index is 12.8. The van der Waals surface area contributed by atoms with Crippen LogP contribution in [0.1, 0.15) is 38.3 Å². The summed E-state index contributed by atoms with van der Waals surface area (Å²) in [5.41, 5.74) is 2.05. The number of benzene rings is 2. The predicted molar refractivity (Wildman–Crippen MR) is 135 cm³/mol. The second-order valence-electron chi connectivity index (χ2n) is 7.76. The Morgan fingerprint density at radius 2 is 1.94 bits per heavy atom. The number of aryl methyl sites for hydroxylation is 1. The van der Waals surface area contributed by atoms with Gasteiger partial charge in [0, 0.05) is 10.7 Å². The summed E-state index contributed by atoms with van der Waals surface area (Å²) in [7, 11) is 0. The third-order valence-corrected chi connectivity index (χ3v) is 6.41. The number of amides is 3. The van der Waals surface area contributed by atoms with Gasteiger partial charge in [-0.05, 0) is 80.4 Å². The molecule has 9 heteroatoms. The first-order chi connectivity index (χ1) is 16.2. The summed E-state index contributed by atoms with van der Waals surface area (Å²) in [6.07, 6.45) is 2.49. The van der Waals surface area contributed by atoms with Crippen molar-refractivity contribution in [2.24, 2.45) is 0 Å². The molecule has 2 aromatic rings. The van der Waals surface area contributed by atoms with Crippen LogP contribution in [-0.2, 0) is 9.59 Å². The third kappa shape index (κ3) is 6.33. The number of nitrogens with one attached hydrogen (secondary N) is 1. The van der Waals surface area contributed by atoms with Crippen molar-refractivity contribution in [1.29, 1.82) is 0 Å². The number of carbonyl (C=O) groups excluding carboxylic acids is 3. The van der Waals surface area contributed by atoms with Crippen molar-refractivity contribution in [3.63, 3.8) is 0 Å². The molecular weight excluding hydrogens is 476 g/mol. The Bertz CT molecular complexity index is 1130. The Balaban J connectivity index is 1.72. The molecule has 180 valence electrons. The summed E-state index contributed by atoms with van der Waals surface area (Å²) in [5, 5.41) is 2.67. The van der Waals surface area contributed by atoms with E-state index in [1.54, 1.807) is 42.5 Å². The smallest absolute Gasteiger partial charge is 0.294 e. The molecule has 1 heterocycles. The minimum atomic E-state index is -0.523. The summed E-state index contributed by atoms with van der Waals surface area (Å²) in [5.74, 6) is 0.167. The SMILES string of the molecule is CCOc1cc(/C=C2/SC(=O)N(CC(=O)Nc3ccc(C)c(Cl)c3)C2=O)ccc1O[C@H](C)CC. The van der Waals surface area contributed by atoms with Crippen molar-refractivity contribution < 1.29 is 23.9 Å². The van der Waals surface area contributed by atoms with Crippen LogP contribution in [0.3, 0.4) is 0 Å². The third-order valence-electron chi connectivity index (χ3n) is 5.10. The van der Waals surface area contributed by atoms with Gasteiger partial charge in [0.2, 0.25) is 5.91 Å². The minimum Gasteiger partial charge on any atom is -0.490 e. The minimum absolute atomic E-state index is 0.0311. The quantitative estimate of drug-likeness (QED) is 0.430. The molecule has 0 unspecified atom stereocenters. The summed E-state index contributed by atoms with van der Waals surface area (Å²) in [6.45, 7) is 7.80. The molecule has 0 aromatic heterocycles. The molecule has 1 aliphatic rings. The first-order valence-electron chi connectivity index (χ1n) is 11.0. The summed E-state index contributed by atoms with van der Waals surface area (Å²) in [4.78, 5) is 38.8. The zero-order chi connectivity index (χ0) is 24.8. The Labute approximate surface area is 208 Å². The number of carbonyl (C=O) groups is 3. The standard InChI is InChI=1S/C25H27ClN2O5S/c1-5-16(4)33-20-10-8-17(11-21(20)32-6-2)12-22-24(30)28(25(31)34-22)14-23(29)27-18-9-7-15(3)19(26)13-18/h7-13,16H,5-6,14H2,1-4H3,(H,27,29)/b22-12+/t16-/m1/s1. The molecule has 1 fully saturated rings. The van der Waals surface area contributed by atoms with E-state index >= 15 is 0 Å². The predicted octanol–water partition coefficient (Wildman–Crippen LogP) is 5.90. The van der Waals surface area contributed by atoms with E-state index in [1.807, 2.05) is 27.7 Å². The van der Waals surface area contributed by atoms with E-state index in [9.17, 15) is 14.4 Å². The van der Waals surface area contributed by atoms with E-state index in [4.69, 9.17) is 21.1 Å². The topological polar surface area (TPSA) is 84.9 Å². The highest BCUT2D eigenvalue weighted by Gasteiger charge is 2.36. The fourth-order valence-corrected chi connectivity index (χ4v) is 4.10. The molecule has 3 amide bonds. The maximum absolute atomic E-state index is 12.8. The molecule has 1 aliphatic heterocycles. The fourth-order valence-electron chi connectivity index (χ4n) is 3.08. The monoisotopic (exact) mass is 502 g/mol. The summed E-state index contributed by atoms with van der Waals surface area (Å²) in [6, 6.07) is 10.4. The Hall–Kier alpha value is -2.97. The van der Waals surface area contributed by atoms with Gasteiger partial charge in [-0.25, -0.2) is 0 Å². The van der Waals surface area contributed by atoms with Crippen molar-refractivity contribution in [3.05, 3.63) is 57.5 Å². The van der Waals surface area contributed by atoms with Gasteiger partial charge >= 0.3 is 0 Å². The lowest BCUT2D eigenvalue weighted by atomic mass is 10.1. The highest BCUT2D eigenvalue weighted by Crippen LogP contribution is 2.35. The molecule has 3 rings (SSSR count). The highest BCUT2D eigenvalue weighted by molar-refractivity contribution is 8.18. The molecule has 7 nitrogen and oxygen atoms in total. The zero-order valence-corrected chi connectivity index (χ0v) is 21.1. The van der Waals surface area contributed by atoms with Crippen LogP contribution < -0.4 is 14.8 Å². The van der Waals surface area contributed by atoms with Crippen molar-refractivity contribution in [2.75, 3.05) is 18.5 Å². The molecule has 0 bridgehead atoms. The summed E-state index contributed by atoms with van der Waals surface area (Å²) >= 11 is 6.88. The average Bonchev–Trinajstić information content (AvgIpc) is 3.05. The largest absolute Gasteiger partial charge is 0.490 e. The highest BCUT2D eigenvalue weighted by atomic mass is 35.5. The number of anilines is 1. The average molecular weight is 503 g/mol. The Morgan fingerprint density at radius 1 is 1.18 bits per heavy atom. The Morgan fingerprint density at radius 3 is 2.62 bits per heavy atom. The van der Waals surface area contributed by atoms with Crippen LogP contribution in [0.2, 0.25) is 5.02 Å². The number of rotatable bonds is 9. The van der Waals surface area contributed by atoms with Crippen molar-refractivity contribution in [2.45, 2.75) is 40.2 Å². The van der Waals surface area contributed by atoms with E-state index in [1.165, 1.54) is 0 Å². The Kier molecular flexibility index (Phi) is 8.63. The van der Waals surface area contributed by atoms with Gasteiger partial charge < -0.3 is 14.8 Å². The van der Waals surface area contributed by atoms with Gasteiger partial charge in [0.1, 0.15) is 6.54 Å². The zero-order valence-electron chi connectivity index (χ0n) is 19.5. The second kappa shape index (κ2) is 11.4. The van der Waals surface area contributed by atoms with Crippen LogP contribution in [0.5, 0.6) is 11.5 Å². The molecule has 0 aliphatic carbocycles. The van der Waals surface area contributed by atoms with Crippen LogP contribution in [0.15, 0.2) is 41.3 Å². The van der Waals surface area contributed by atoms with Gasteiger partial charge in [0.25, 0.3) is 11.1 Å². The number of imide groups is 1. The lowest BCUT2D eigenvalue weighted by Gasteiger charge is -2.16. The van der Waals surface area contributed by atoms with Crippen LogP contribution >= 0.6 is 23.4 Å². The molecular formula is C25H27ClN2O5S. The number of nitrogens with zero attached hydrogens (tertiary/aromatic N) is 1. The molecule has 0 saturated carbocycles. The molecule has 1 saturated heterocycles. The van der Waals surface area contributed by atoms with E-state index in [0.717, 1.165) is 28.6 Å². The number of thioether (sulfide) groups is 1. The van der Waals surface area contributed by atoms with Gasteiger partial charge in [-0.3, -0.25) is 19.3 Å². The maximum Gasteiger partial charge on any atom is 0.294 e. The number of hydrogen-bond acceptors (Lipinski definition) is 6. The first-order valence-corrected chi connectivity index (χ1v) is 12.2. The number of hydrogen-bond donors (Lipinski definition) is 1. The van der Waals surface area contributed by atoms with Gasteiger partial charge in [0.05, 0.1) is 17.6 Å². The van der Waals surface area contributed by atoms with Gasteiger partial charge in [-0.1, -0.05) is 30.7 Å². The number of halogens is 1. The van der Waals surface area contributed by atoms with Crippen molar-refractivity contribution in [1.82, 2.24) is 4.90 Å². The number of ether oxygens (including phenoxy) is 2. The molecule has 1 N–H and O–H groups in total. The van der Waals surface area contributed by atoms with Crippen LogP contribution in [0.25, 0.3) is 6.08 Å². The normalized spacial score (nSPS) is 15.6. The lowest BCUT2D eigenvalue weighted by molar-refractivity contribution is -0.127.